The van der Waals surface area contributed by atoms with Crippen LogP contribution in [-0.2, 0) is 30.7 Å². The average Bonchev–Trinajstić information content (AvgIpc) is 3.14. The van der Waals surface area contributed by atoms with E-state index in [1.807, 2.05) is 13.1 Å². The van der Waals surface area contributed by atoms with Crippen LogP contribution in [0, 0.1) is 12.3 Å². The molecule has 3 aromatic heterocycles. The zero-order valence-corrected chi connectivity index (χ0v) is 22.3. The van der Waals surface area contributed by atoms with Crippen molar-refractivity contribution < 1.29 is 14.6 Å². The number of H-pyrrole nitrogens is 1. The minimum absolute atomic E-state index is 0.0169. The second kappa shape index (κ2) is 9.96. The first-order valence-electron chi connectivity index (χ1n) is 13.3. The summed E-state index contributed by atoms with van der Waals surface area (Å²) < 4.78 is 11.8. The second-order valence-electron chi connectivity index (χ2n) is 11.0. The van der Waals surface area contributed by atoms with Gasteiger partial charge in [-0.1, -0.05) is 19.9 Å². The van der Waals surface area contributed by atoms with Gasteiger partial charge in [-0.05, 0) is 55.4 Å². The molecule has 1 aliphatic carbocycles. The second-order valence-corrected chi connectivity index (χ2v) is 11.0. The smallest absolute Gasteiger partial charge is 0.177 e. The molecule has 2 N–H and O–H groups in total. The van der Waals surface area contributed by atoms with Crippen molar-refractivity contribution in [3.63, 3.8) is 0 Å². The van der Waals surface area contributed by atoms with Crippen molar-refractivity contribution in [3.8, 4) is 16.9 Å². The summed E-state index contributed by atoms with van der Waals surface area (Å²) in [5.41, 5.74) is 7.43. The highest BCUT2D eigenvalue weighted by Gasteiger charge is 2.31. The van der Waals surface area contributed by atoms with Crippen molar-refractivity contribution in [2.75, 3.05) is 31.3 Å². The third-order valence-corrected chi connectivity index (χ3v) is 7.41. The van der Waals surface area contributed by atoms with Crippen LogP contribution in [0.3, 0.4) is 0 Å². The van der Waals surface area contributed by atoms with Crippen LogP contribution in [0.15, 0.2) is 30.5 Å². The number of aryl methyl sites for hydroxylation is 2. The molecule has 0 bridgehead atoms. The molecule has 2 aliphatic rings. The Labute approximate surface area is 222 Å². The van der Waals surface area contributed by atoms with Crippen molar-refractivity contribution in [3.05, 3.63) is 58.9 Å². The van der Waals surface area contributed by atoms with Crippen LogP contribution in [0.1, 0.15) is 48.7 Å². The Bertz CT molecular complexity index is 1480. The summed E-state index contributed by atoms with van der Waals surface area (Å²) in [5, 5.41) is 9.14. The number of anilines is 1. The summed E-state index contributed by atoms with van der Waals surface area (Å²) in [6.45, 7) is 9.10. The molecular formula is C29H34N6O3. The van der Waals surface area contributed by atoms with Crippen LogP contribution in [-0.4, -0.2) is 56.4 Å². The molecule has 0 spiro atoms. The quantitative estimate of drug-likeness (QED) is 0.370. The molecule has 4 heterocycles. The number of imidazole rings is 1. The van der Waals surface area contributed by atoms with Crippen molar-refractivity contribution in [1.29, 1.82) is 0 Å². The summed E-state index contributed by atoms with van der Waals surface area (Å²) in [5.74, 6) is 3.40. The van der Waals surface area contributed by atoms with E-state index in [4.69, 9.17) is 24.5 Å². The molecule has 6 rings (SSSR count). The predicted molar refractivity (Wildman–Crippen MR) is 145 cm³/mol. The number of nitrogens with one attached hydrogen (secondary N) is 1. The zero-order valence-electron chi connectivity index (χ0n) is 22.3. The van der Waals surface area contributed by atoms with E-state index in [1.54, 1.807) is 0 Å². The van der Waals surface area contributed by atoms with Gasteiger partial charge in [0.2, 0.25) is 0 Å². The number of aromatic amines is 1. The van der Waals surface area contributed by atoms with Crippen LogP contribution in [0.4, 0.5) is 5.82 Å². The number of rotatable bonds is 6. The Hall–Kier alpha value is -3.56. The van der Waals surface area contributed by atoms with Crippen molar-refractivity contribution in [2.24, 2.45) is 5.41 Å². The minimum atomic E-state index is -0.0169. The van der Waals surface area contributed by atoms with Gasteiger partial charge in [-0.15, -0.1) is 0 Å². The number of nitrogens with zero attached hydrogens (tertiary/aromatic N) is 5. The largest absolute Gasteiger partial charge is 0.491 e. The maximum absolute atomic E-state index is 9.14. The Morgan fingerprint density at radius 1 is 1.16 bits per heavy atom. The first kappa shape index (κ1) is 24.8. The number of pyridine rings is 1. The van der Waals surface area contributed by atoms with Gasteiger partial charge in [-0.3, -0.25) is 0 Å². The molecule has 0 saturated carbocycles. The van der Waals surface area contributed by atoms with E-state index in [1.165, 1.54) is 5.56 Å². The predicted octanol–water partition coefficient (Wildman–Crippen LogP) is 4.15. The monoisotopic (exact) mass is 514 g/mol. The van der Waals surface area contributed by atoms with E-state index < -0.39 is 0 Å². The average molecular weight is 515 g/mol. The molecule has 198 valence electrons. The van der Waals surface area contributed by atoms with E-state index in [-0.39, 0.29) is 25.2 Å². The van der Waals surface area contributed by atoms with Crippen LogP contribution in [0.2, 0.25) is 0 Å². The van der Waals surface area contributed by atoms with Gasteiger partial charge in [0, 0.05) is 35.1 Å². The lowest BCUT2D eigenvalue weighted by molar-refractivity contribution is 0.0775. The molecule has 9 nitrogen and oxygen atoms in total. The molecule has 0 saturated heterocycles. The van der Waals surface area contributed by atoms with Gasteiger partial charge in [0.15, 0.2) is 11.5 Å². The number of aliphatic hydroxyl groups excluding tert-OH is 1. The van der Waals surface area contributed by atoms with E-state index in [0.29, 0.717) is 19.0 Å². The zero-order chi connectivity index (χ0) is 26.3. The molecule has 1 aliphatic heterocycles. The maximum atomic E-state index is 9.14. The topological polar surface area (TPSA) is 109 Å². The van der Waals surface area contributed by atoms with Crippen molar-refractivity contribution in [1.82, 2.24) is 24.9 Å². The number of fused-ring (bicyclic) bond motifs is 3. The molecule has 1 aromatic carbocycles. The Kier molecular flexibility index (Phi) is 6.49. The molecule has 0 unspecified atom stereocenters. The van der Waals surface area contributed by atoms with Crippen molar-refractivity contribution in [2.45, 2.75) is 53.2 Å². The van der Waals surface area contributed by atoms with Gasteiger partial charge >= 0.3 is 0 Å². The summed E-state index contributed by atoms with van der Waals surface area (Å²) >= 11 is 0. The highest BCUT2D eigenvalue weighted by atomic mass is 16.5. The molecule has 0 fully saturated rings. The third kappa shape index (κ3) is 4.96. The van der Waals surface area contributed by atoms with Crippen molar-refractivity contribution >= 4 is 17.0 Å². The standard InChI is InChI=1S/C29H34N6O3/c1-18-31-24-13-20(15-30-27(24)32-18)19-4-5-25-21(12-19)16-35(8-10-38-25)28-22-14-29(2,3)7-6-23(22)33-26(34-28)17-37-11-9-36/h4-5,12-13,15,36H,6-11,14,16-17H2,1-3H3,(H,30,31,32). The van der Waals surface area contributed by atoms with Gasteiger partial charge in [-0.2, -0.15) is 0 Å². The number of hydrogen-bond acceptors (Lipinski definition) is 8. The number of aliphatic hydroxyl groups is 1. The summed E-state index contributed by atoms with van der Waals surface area (Å²) in [7, 11) is 0. The minimum Gasteiger partial charge on any atom is -0.491 e. The van der Waals surface area contributed by atoms with Crippen LogP contribution >= 0.6 is 0 Å². The summed E-state index contributed by atoms with van der Waals surface area (Å²) in [4.78, 5) is 24.5. The fraction of sp³-hybridized carbons (Fsp3) is 0.448. The maximum Gasteiger partial charge on any atom is 0.177 e. The summed E-state index contributed by atoms with van der Waals surface area (Å²) in [6.07, 6.45) is 4.84. The molecule has 0 amide bonds. The highest BCUT2D eigenvalue weighted by Crippen LogP contribution is 2.39. The molecule has 0 atom stereocenters. The van der Waals surface area contributed by atoms with Gasteiger partial charge in [0.25, 0.3) is 0 Å². The number of hydrogen-bond donors (Lipinski definition) is 2. The van der Waals surface area contributed by atoms with Crippen LogP contribution in [0.25, 0.3) is 22.3 Å². The van der Waals surface area contributed by atoms with E-state index in [9.17, 15) is 0 Å². The first-order chi connectivity index (χ1) is 18.4. The first-order valence-corrected chi connectivity index (χ1v) is 13.3. The molecular weight excluding hydrogens is 480 g/mol. The molecule has 9 heteroatoms. The van der Waals surface area contributed by atoms with Crippen LogP contribution < -0.4 is 9.64 Å². The Morgan fingerprint density at radius 2 is 2.05 bits per heavy atom. The van der Waals surface area contributed by atoms with Gasteiger partial charge in [-0.25, -0.2) is 19.9 Å². The number of benzene rings is 1. The van der Waals surface area contributed by atoms with Crippen LogP contribution in [0.5, 0.6) is 5.75 Å². The van der Waals surface area contributed by atoms with E-state index in [0.717, 1.165) is 76.7 Å². The summed E-state index contributed by atoms with van der Waals surface area (Å²) in [6, 6.07) is 8.44. The highest BCUT2D eigenvalue weighted by molar-refractivity contribution is 5.78. The SMILES string of the molecule is Cc1nc2ncc(-c3ccc4c(c3)CN(c3nc(COCCO)nc5c3CC(C)(C)CC5)CCO4)cc2[nH]1. The van der Waals surface area contributed by atoms with E-state index in [2.05, 4.69) is 58.0 Å². The number of ether oxygens (including phenoxy) is 2. The third-order valence-electron chi connectivity index (χ3n) is 7.41. The lowest BCUT2D eigenvalue weighted by Crippen LogP contribution is -2.32. The Balaban J connectivity index is 1.36. The van der Waals surface area contributed by atoms with E-state index >= 15 is 0 Å². The molecule has 38 heavy (non-hydrogen) atoms. The Morgan fingerprint density at radius 3 is 2.92 bits per heavy atom. The van der Waals surface area contributed by atoms with Gasteiger partial charge < -0.3 is 24.5 Å². The fourth-order valence-corrected chi connectivity index (χ4v) is 5.47. The normalized spacial score (nSPS) is 16.6. The lowest BCUT2D eigenvalue weighted by atomic mass is 9.76. The van der Waals surface area contributed by atoms with Gasteiger partial charge in [0.1, 0.15) is 30.6 Å². The number of aromatic nitrogens is 5. The fourth-order valence-electron chi connectivity index (χ4n) is 5.47. The molecule has 4 aromatic rings. The van der Waals surface area contributed by atoms with Gasteiger partial charge in [0.05, 0.1) is 25.3 Å². The molecule has 0 radical (unpaired) electrons. The lowest BCUT2D eigenvalue weighted by Gasteiger charge is -2.34.